The summed E-state index contributed by atoms with van der Waals surface area (Å²) in [6, 6.07) is 0. The molecule has 1 aliphatic carbocycles. The maximum atomic E-state index is 9.72. The van der Waals surface area contributed by atoms with Crippen LogP contribution in [-0.2, 0) is 0 Å². The van der Waals surface area contributed by atoms with E-state index in [4.69, 9.17) is 0 Å². The quantitative estimate of drug-likeness (QED) is 0.537. The molecule has 1 atom stereocenters. The molecule has 1 N–H and O–H groups in total. The Balaban J connectivity index is 0. The van der Waals surface area contributed by atoms with Crippen LogP contribution in [0.3, 0.4) is 0 Å². The second-order valence-corrected chi connectivity index (χ2v) is 4.67. The maximum Gasteiger partial charge on any atom is 0.0795 e. The molecule has 1 saturated carbocycles. The smallest absolute Gasteiger partial charge is 0.0795 e. The summed E-state index contributed by atoms with van der Waals surface area (Å²) in [5.41, 5.74) is 3.08. The minimum absolute atomic E-state index is 0.452. The van der Waals surface area contributed by atoms with Gasteiger partial charge in [0.25, 0.3) is 0 Å². The molecule has 1 unspecified atom stereocenters. The summed E-state index contributed by atoms with van der Waals surface area (Å²) in [7, 11) is 0. The van der Waals surface area contributed by atoms with Crippen molar-refractivity contribution in [2.45, 2.75) is 73.3 Å². The van der Waals surface area contributed by atoms with Crippen LogP contribution in [-0.4, -0.2) is 14.9 Å². The highest BCUT2D eigenvalue weighted by atomic mass is 16.3. The first-order chi connectivity index (χ1) is 11.1. The maximum absolute atomic E-state index is 9.72. The second kappa shape index (κ2) is 14.0. The Bertz CT molecular complexity index is 466. The lowest BCUT2D eigenvalue weighted by atomic mass is 10.1. The zero-order valence-corrected chi connectivity index (χ0v) is 16.1. The van der Waals surface area contributed by atoms with Crippen LogP contribution in [0.2, 0.25) is 0 Å². The molecule has 1 aromatic heterocycles. The van der Waals surface area contributed by atoms with Crippen LogP contribution in [0.5, 0.6) is 0 Å². The highest BCUT2D eigenvalue weighted by Crippen LogP contribution is 2.43. The van der Waals surface area contributed by atoms with E-state index >= 15 is 0 Å². The number of rotatable bonds is 4. The molecular formula is C20H36N2O. The molecule has 0 radical (unpaired) electrons. The summed E-state index contributed by atoms with van der Waals surface area (Å²) in [5.74, 6) is 0.557. The summed E-state index contributed by atoms with van der Waals surface area (Å²) in [5, 5.41) is 14.1. The van der Waals surface area contributed by atoms with Crippen molar-refractivity contribution in [2.75, 3.05) is 0 Å². The van der Waals surface area contributed by atoms with Crippen molar-refractivity contribution in [3.05, 3.63) is 48.8 Å². The lowest BCUT2D eigenvalue weighted by Gasteiger charge is -2.10. The van der Waals surface area contributed by atoms with Gasteiger partial charge >= 0.3 is 0 Å². The van der Waals surface area contributed by atoms with E-state index in [1.54, 1.807) is 25.3 Å². The lowest BCUT2D eigenvalue weighted by Crippen LogP contribution is -2.04. The summed E-state index contributed by atoms with van der Waals surface area (Å²) in [6.45, 7) is 20.8. The average molecular weight is 321 g/mol. The van der Waals surface area contributed by atoms with Gasteiger partial charge in [-0.2, -0.15) is 5.10 Å². The van der Waals surface area contributed by atoms with Crippen molar-refractivity contribution in [1.29, 1.82) is 0 Å². The zero-order chi connectivity index (χ0) is 18.4. The predicted octanol–water partition coefficient (Wildman–Crippen LogP) is 6.11. The molecule has 1 fully saturated rings. The fourth-order valence-electron chi connectivity index (χ4n) is 1.99. The minimum Gasteiger partial charge on any atom is -0.389 e. The van der Waals surface area contributed by atoms with Gasteiger partial charge in [0, 0.05) is 11.5 Å². The van der Waals surface area contributed by atoms with E-state index in [1.807, 2.05) is 52.3 Å². The average Bonchev–Trinajstić information content (AvgIpc) is 3.32. The van der Waals surface area contributed by atoms with Crippen molar-refractivity contribution in [3.8, 4) is 0 Å². The van der Waals surface area contributed by atoms with Gasteiger partial charge in [0.15, 0.2) is 0 Å². The Morgan fingerprint density at radius 1 is 1.26 bits per heavy atom. The van der Waals surface area contributed by atoms with E-state index in [-0.39, 0.29) is 0 Å². The number of hydrogen-bond donors (Lipinski definition) is 1. The normalized spacial score (nSPS) is 14.0. The molecule has 1 aliphatic rings. The molecule has 3 nitrogen and oxygen atoms in total. The Kier molecular flexibility index (Phi) is 14.4. The van der Waals surface area contributed by atoms with Gasteiger partial charge < -0.3 is 5.11 Å². The van der Waals surface area contributed by atoms with Crippen molar-refractivity contribution < 1.29 is 5.11 Å². The highest BCUT2D eigenvalue weighted by Gasteiger charge is 2.31. The number of nitrogens with zero attached hydrogens (tertiary/aromatic N) is 2. The van der Waals surface area contributed by atoms with Gasteiger partial charge in [-0.1, -0.05) is 46.4 Å². The molecule has 23 heavy (non-hydrogen) atoms. The first-order valence-electron chi connectivity index (χ1n) is 8.72. The molecule has 0 spiro atoms. The van der Waals surface area contributed by atoms with Crippen molar-refractivity contribution >= 4 is 5.70 Å². The number of aliphatic hydroxyl groups is 1. The van der Waals surface area contributed by atoms with Gasteiger partial charge in [-0.05, 0) is 39.7 Å². The SMILES string of the molecule is C=C/C(=C\C)n1ncc(C(C)O)c1C1CC1.C=CC.CC.CC. The van der Waals surface area contributed by atoms with E-state index in [9.17, 15) is 5.11 Å². The third kappa shape index (κ3) is 7.47. The van der Waals surface area contributed by atoms with Gasteiger partial charge in [-0.25, -0.2) is 4.68 Å². The van der Waals surface area contributed by atoms with Crippen LogP contribution in [0.25, 0.3) is 5.70 Å². The standard InChI is InChI=1S/C13H18N2O.C3H6.2C2H6/c1-4-11(5-2)15-13(10-6-7-10)12(8-14-15)9(3)16;1-3-2;2*1-2/h4-5,8-10,16H,1,6-7H2,2-3H3;3H,1H2,2H3;2*1-2H3/b11-5+;;;. The Morgan fingerprint density at radius 3 is 2.04 bits per heavy atom. The van der Waals surface area contributed by atoms with Gasteiger partial charge in [0.05, 0.1) is 23.7 Å². The molecule has 1 heterocycles. The fraction of sp³-hybridized carbons (Fsp3) is 0.550. The highest BCUT2D eigenvalue weighted by molar-refractivity contribution is 5.57. The molecule has 132 valence electrons. The summed E-state index contributed by atoms with van der Waals surface area (Å²) in [4.78, 5) is 0. The molecule has 1 aromatic rings. The van der Waals surface area contributed by atoms with Crippen LogP contribution in [0, 0.1) is 0 Å². The lowest BCUT2D eigenvalue weighted by molar-refractivity contribution is 0.198. The number of aliphatic hydroxyl groups excluding tert-OH is 1. The molecule has 0 bridgehead atoms. The van der Waals surface area contributed by atoms with Crippen molar-refractivity contribution in [1.82, 2.24) is 9.78 Å². The Labute approximate surface area is 143 Å². The number of hydrogen-bond acceptors (Lipinski definition) is 2. The van der Waals surface area contributed by atoms with E-state index in [0.29, 0.717) is 5.92 Å². The summed E-state index contributed by atoms with van der Waals surface area (Å²) >= 11 is 0. The molecule has 0 amide bonds. The van der Waals surface area contributed by atoms with E-state index < -0.39 is 6.10 Å². The second-order valence-electron chi connectivity index (χ2n) is 4.67. The monoisotopic (exact) mass is 320 g/mol. The van der Waals surface area contributed by atoms with Crippen molar-refractivity contribution in [3.63, 3.8) is 0 Å². The largest absolute Gasteiger partial charge is 0.389 e. The van der Waals surface area contributed by atoms with Gasteiger partial charge in [-0.3, -0.25) is 0 Å². The molecule has 0 aliphatic heterocycles. The Morgan fingerprint density at radius 2 is 1.74 bits per heavy atom. The first kappa shape index (κ1) is 23.7. The Hall–Kier alpha value is -1.61. The summed E-state index contributed by atoms with van der Waals surface area (Å²) in [6.07, 6.45) is 9.24. The minimum atomic E-state index is -0.452. The van der Waals surface area contributed by atoms with E-state index in [2.05, 4.69) is 18.3 Å². The first-order valence-corrected chi connectivity index (χ1v) is 8.72. The molecule has 2 rings (SSSR count). The van der Waals surface area contributed by atoms with Gasteiger partial charge in [0.2, 0.25) is 0 Å². The zero-order valence-electron chi connectivity index (χ0n) is 16.1. The third-order valence-electron chi connectivity index (χ3n) is 3.00. The molecular weight excluding hydrogens is 284 g/mol. The topological polar surface area (TPSA) is 38.0 Å². The number of allylic oxidation sites excluding steroid dienone is 4. The van der Waals surface area contributed by atoms with Crippen LogP contribution >= 0.6 is 0 Å². The number of aromatic nitrogens is 2. The predicted molar refractivity (Wildman–Crippen MR) is 104 cm³/mol. The van der Waals surface area contributed by atoms with Gasteiger partial charge in [0.1, 0.15) is 0 Å². The van der Waals surface area contributed by atoms with Crippen LogP contribution < -0.4 is 0 Å². The van der Waals surface area contributed by atoms with E-state index in [0.717, 1.165) is 17.0 Å². The van der Waals surface area contributed by atoms with Crippen LogP contribution in [0.15, 0.2) is 37.6 Å². The van der Waals surface area contributed by atoms with Gasteiger partial charge in [-0.15, -0.1) is 6.58 Å². The van der Waals surface area contributed by atoms with Crippen molar-refractivity contribution in [2.24, 2.45) is 0 Å². The summed E-state index contributed by atoms with van der Waals surface area (Å²) < 4.78 is 1.91. The van der Waals surface area contributed by atoms with Crippen LogP contribution in [0.4, 0.5) is 0 Å². The van der Waals surface area contributed by atoms with Crippen LogP contribution in [0.1, 0.15) is 84.6 Å². The fourth-order valence-corrected chi connectivity index (χ4v) is 1.99. The molecule has 3 heteroatoms. The van der Waals surface area contributed by atoms with E-state index in [1.165, 1.54) is 12.8 Å². The third-order valence-corrected chi connectivity index (χ3v) is 3.00. The molecule has 0 saturated heterocycles. The molecule has 0 aromatic carbocycles.